The van der Waals surface area contributed by atoms with Gasteiger partial charge < -0.3 is 5.73 Å². The van der Waals surface area contributed by atoms with E-state index in [2.05, 4.69) is 27.8 Å². The van der Waals surface area contributed by atoms with E-state index >= 15 is 0 Å². The van der Waals surface area contributed by atoms with Gasteiger partial charge in [0.25, 0.3) is 0 Å². The molecular weight excluding hydrogens is 174 g/mol. The fourth-order valence-electron chi connectivity index (χ4n) is 1.05. The molecule has 0 saturated heterocycles. The lowest BCUT2D eigenvalue weighted by Gasteiger charge is -1.96. The van der Waals surface area contributed by atoms with Gasteiger partial charge in [0.2, 0.25) is 5.95 Å². The Morgan fingerprint density at radius 3 is 3.00 bits per heavy atom. The number of rotatable bonds is 0. The standard InChI is InChI=1S/C6H7N5S/c1-3-4-5(10-6(7)9-3)11(12)2-8-4/h2,12H,1H3,(H2,7,9,10). The zero-order valence-electron chi connectivity index (χ0n) is 6.39. The lowest BCUT2D eigenvalue weighted by Crippen LogP contribution is -1.98. The molecule has 62 valence electrons. The zero-order chi connectivity index (χ0) is 8.72. The van der Waals surface area contributed by atoms with Gasteiger partial charge in [-0.2, -0.15) is 4.98 Å². The quantitative estimate of drug-likeness (QED) is 0.577. The summed E-state index contributed by atoms with van der Waals surface area (Å²) in [5, 5.41) is 0. The Morgan fingerprint density at radius 2 is 2.25 bits per heavy atom. The molecule has 0 aliphatic carbocycles. The summed E-state index contributed by atoms with van der Waals surface area (Å²) in [5.41, 5.74) is 7.60. The number of nitrogen functional groups attached to an aromatic ring is 1. The topological polar surface area (TPSA) is 69.6 Å². The molecule has 0 unspecified atom stereocenters. The average molecular weight is 181 g/mol. The van der Waals surface area contributed by atoms with Crippen LogP contribution in [0.25, 0.3) is 11.2 Å². The highest BCUT2D eigenvalue weighted by atomic mass is 32.1. The number of fused-ring (bicyclic) bond motifs is 1. The minimum atomic E-state index is 0.246. The highest BCUT2D eigenvalue weighted by Crippen LogP contribution is 2.14. The van der Waals surface area contributed by atoms with E-state index in [1.807, 2.05) is 6.92 Å². The number of anilines is 1. The molecule has 0 bridgehead atoms. The van der Waals surface area contributed by atoms with Crippen molar-refractivity contribution in [1.29, 1.82) is 0 Å². The molecule has 0 saturated carbocycles. The number of nitrogens with two attached hydrogens (primary N) is 1. The lowest BCUT2D eigenvalue weighted by molar-refractivity contribution is 1.15. The van der Waals surface area contributed by atoms with Gasteiger partial charge in [-0.05, 0) is 6.92 Å². The first-order valence-electron chi connectivity index (χ1n) is 3.35. The molecule has 2 heterocycles. The Bertz CT molecular complexity index is 435. The van der Waals surface area contributed by atoms with Crippen molar-refractivity contribution in [2.75, 3.05) is 5.73 Å². The first kappa shape index (κ1) is 7.35. The Kier molecular flexibility index (Phi) is 1.44. The van der Waals surface area contributed by atoms with Gasteiger partial charge in [-0.1, -0.05) is 12.8 Å². The van der Waals surface area contributed by atoms with Crippen LogP contribution in [0.1, 0.15) is 5.69 Å². The summed E-state index contributed by atoms with van der Waals surface area (Å²) in [4.78, 5) is 12.0. The van der Waals surface area contributed by atoms with Crippen molar-refractivity contribution in [2.24, 2.45) is 0 Å². The average Bonchev–Trinajstić information content (AvgIpc) is 2.33. The summed E-state index contributed by atoms with van der Waals surface area (Å²) in [6.07, 6.45) is 1.56. The maximum absolute atomic E-state index is 5.46. The van der Waals surface area contributed by atoms with Gasteiger partial charge in [0.1, 0.15) is 11.8 Å². The molecule has 0 fully saturated rings. The van der Waals surface area contributed by atoms with Gasteiger partial charge in [0, 0.05) is 0 Å². The van der Waals surface area contributed by atoms with Crippen LogP contribution in [0, 0.1) is 6.92 Å². The van der Waals surface area contributed by atoms with Crippen molar-refractivity contribution in [3.63, 3.8) is 0 Å². The number of hydrogen-bond donors (Lipinski definition) is 2. The number of thiol groups is 1. The molecule has 0 radical (unpaired) electrons. The van der Waals surface area contributed by atoms with Gasteiger partial charge in [-0.15, -0.1) is 0 Å². The SMILES string of the molecule is Cc1nc(N)nc2c1ncn2S. The van der Waals surface area contributed by atoms with Crippen molar-refractivity contribution < 1.29 is 0 Å². The molecule has 2 rings (SSSR count). The third-order valence-corrected chi connectivity index (χ3v) is 1.86. The molecule has 2 aromatic heterocycles. The Balaban J connectivity index is 2.92. The predicted molar refractivity (Wildman–Crippen MR) is 48.9 cm³/mol. The van der Waals surface area contributed by atoms with Gasteiger partial charge in [-0.3, -0.25) is 3.97 Å². The lowest BCUT2D eigenvalue weighted by atomic mass is 10.4. The second kappa shape index (κ2) is 2.34. The summed E-state index contributed by atoms with van der Waals surface area (Å²) < 4.78 is 1.51. The van der Waals surface area contributed by atoms with E-state index in [1.165, 1.54) is 3.97 Å². The van der Waals surface area contributed by atoms with Crippen LogP contribution in [-0.2, 0) is 0 Å². The van der Waals surface area contributed by atoms with E-state index < -0.39 is 0 Å². The van der Waals surface area contributed by atoms with E-state index in [0.29, 0.717) is 5.65 Å². The molecule has 0 atom stereocenters. The van der Waals surface area contributed by atoms with Crippen molar-refractivity contribution in [1.82, 2.24) is 18.9 Å². The monoisotopic (exact) mass is 181 g/mol. The smallest absolute Gasteiger partial charge is 0.222 e. The molecular formula is C6H7N5S. The highest BCUT2D eigenvalue weighted by Gasteiger charge is 2.06. The van der Waals surface area contributed by atoms with E-state index in [4.69, 9.17) is 5.73 Å². The number of imidazole rings is 1. The van der Waals surface area contributed by atoms with E-state index in [0.717, 1.165) is 11.2 Å². The molecule has 2 aromatic rings. The van der Waals surface area contributed by atoms with Gasteiger partial charge in [0.15, 0.2) is 5.65 Å². The van der Waals surface area contributed by atoms with Crippen LogP contribution in [0.15, 0.2) is 6.33 Å². The van der Waals surface area contributed by atoms with E-state index in [-0.39, 0.29) is 5.95 Å². The Labute approximate surface area is 74.2 Å². The fourth-order valence-corrected chi connectivity index (χ4v) is 1.24. The van der Waals surface area contributed by atoms with Gasteiger partial charge >= 0.3 is 0 Å². The van der Waals surface area contributed by atoms with Crippen LogP contribution in [0.2, 0.25) is 0 Å². The summed E-state index contributed by atoms with van der Waals surface area (Å²) in [7, 11) is 0. The summed E-state index contributed by atoms with van der Waals surface area (Å²) in [6.45, 7) is 1.83. The van der Waals surface area contributed by atoms with Gasteiger partial charge in [0.05, 0.1) is 5.69 Å². The molecule has 5 nitrogen and oxygen atoms in total. The number of nitrogens with zero attached hydrogens (tertiary/aromatic N) is 4. The minimum Gasteiger partial charge on any atom is -0.368 e. The van der Waals surface area contributed by atoms with Crippen LogP contribution in [0.3, 0.4) is 0 Å². The zero-order valence-corrected chi connectivity index (χ0v) is 7.29. The van der Waals surface area contributed by atoms with Crippen molar-refractivity contribution >= 4 is 29.9 Å². The van der Waals surface area contributed by atoms with E-state index in [9.17, 15) is 0 Å². The molecule has 0 aliphatic heterocycles. The first-order chi connectivity index (χ1) is 5.68. The molecule has 0 spiro atoms. The summed E-state index contributed by atoms with van der Waals surface area (Å²) in [6, 6.07) is 0. The maximum Gasteiger partial charge on any atom is 0.222 e. The largest absolute Gasteiger partial charge is 0.368 e. The first-order valence-corrected chi connectivity index (χ1v) is 3.75. The molecule has 2 N–H and O–H groups in total. The number of aromatic nitrogens is 4. The Morgan fingerprint density at radius 1 is 1.50 bits per heavy atom. The normalized spacial score (nSPS) is 10.8. The van der Waals surface area contributed by atoms with Crippen LogP contribution < -0.4 is 5.73 Å². The van der Waals surface area contributed by atoms with Crippen molar-refractivity contribution in [3.05, 3.63) is 12.0 Å². The summed E-state index contributed by atoms with van der Waals surface area (Å²) in [5.74, 6) is 0.246. The molecule has 6 heteroatoms. The second-order valence-corrected chi connectivity index (χ2v) is 2.86. The number of aryl methyl sites for hydroxylation is 1. The molecule has 12 heavy (non-hydrogen) atoms. The van der Waals surface area contributed by atoms with Gasteiger partial charge in [-0.25, -0.2) is 9.97 Å². The minimum absolute atomic E-state index is 0.246. The van der Waals surface area contributed by atoms with Crippen LogP contribution in [0.5, 0.6) is 0 Å². The molecule has 0 aliphatic rings. The van der Waals surface area contributed by atoms with E-state index in [1.54, 1.807) is 6.33 Å². The molecule has 0 amide bonds. The highest BCUT2D eigenvalue weighted by molar-refractivity contribution is 7.78. The van der Waals surface area contributed by atoms with Crippen molar-refractivity contribution in [2.45, 2.75) is 6.92 Å². The van der Waals surface area contributed by atoms with Crippen LogP contribution in [-0.4, -0.2) is 18.9 Å². The third-order valence-electron chi connectivity index (χ3n) is 1.57. The van der Waals surface area contributed by atoms with Crippen LogP contribution in [0.4, 0.5) is 5.95 Å². The van der Waals surface area contributed by atoms with Crippen molar-refractivity contribution in [3.8, 4) is 0 Å². The molecule has 0 aromatic carbocycles. The maximum atomic E-state index is 5.46. The second-order valence-electron chi connectivity index (χ2n) is 2.43. The van der Waals surface area contributed by atoms with Crippen LogP contribution >= 0.6 is 12.8 Å². The third kappa shape index (κ3) is 0.918. The number of hydrogen-bond acceptors (Lipinski definition) is 5. The summed E-state index contributed by atoms with van der Waals surface area (Å²) >= 11 is 4.10. The fraction of sp³-hybridized carbons (Fsp3) is 0.167. The Hall–Kier alpha value is -1.30. The predicted octanol–water partition coefficient (Wildman–Crippen LogP) is 0.410.